The molecular weight excluding hydrogens is 481 g/mol. The molecule has 4 heterocycles. The van der Waals surface area contributed by atoms with Gasteiger partial charge in [0, 0.05) is 31.7 Å². The summed E-state index contributed by atoms with van der Waals surface area (Å²) in [6.07, 6.45) is 1.56. The first kappa shape index (κ1) is 22.9. The second-order valence-electron chi connectivity index (χ2n) is 7.66. The molecule has 0 radical (unpaired) electrons. The Morgan fingerprint density at radius 1 is 0.824 bits per heavy atom. The molecule has 2 fully saturated rings. The molecule has 10 nitrogen and oxygen atoms in total. The summed E-state index contributed by atoms with van der Waals surface area (Å²) in [5.41, 5.74) is 3.73. The molecule has 0 saturated carbocycles. The fraction of sp³-hybridized carbons (Fsp3) is 0.364. The lowest BCUT2D eigenvalue weighted by Gasteiger charge is -2.30. The molecule has 34 heavy (non-hydrogen) atoms. The van der Waals surface area contributed by atoms with Gasteiger partial charge in [-0.05, 0) is 30.3 Å². The van der Waals surface area contributed by atoms with Crippen LogP contribution in [0.1, 0.15) is 5.76 Å². The first-order valence-corrected chi connectivity index (χ1v) is 11.7. The quantitative estimate of drug-likeness (QED) is 0.399. The van der Waals surface area contributed by atoms with E-state index in [1.54, 1.807) is 18.3 Å². The fourth-order valence-electron chi connectivity index (χ4n) is 3.59. The topological polar surface area (TPSA) is 101 Å². The first-order valence-electron chi connectivity index (χ1n) is 10.9. The number of nitrogens with one attached hydrogen (secondary N) is 1. The highest BCUT2D eigenvalue weighted by molar-refractivity contribution is 6.42. The summed E-state index contributed by atoms with van der Waals surface area (Å²) in [5, 5.41) is 5.23. The van der Waals surface area contributed by atoms with Crippen LogP contribution in [0.2, 0.25) is 10.0 Å². The molecule has 12 heteroatoms. The van der Waals surface area contributed by atoms with Crippen LogP contribution in [0.25, 0.3) is 11.3 Å². The highest BCUT2D eigenvalue weighted by Gasteiger charge is 2.20. The van der Waals surface area contributed by atoms with Gasteiger partial charge in [0.25, 0.3) is 0 Å². The second-order valence-corrected chi connectivity index (χ2v) is 8.47. The smallest absolute Gasteiger partial charge is 0.250 e. The van der Waals surface area contributed by atoms with E-state index < -0.39 is 0 Å². The number of nitrogens with zero attached hydrogens (tertiary/aromatic N) is 6. The van der Waals surface area contributed by atoms with Gasteiger partial charge >= 0.3 is 0 Å². The molecule has 5 rings (SSSR count). The van der Waals surface area contributed by atoms with Gasteiger partial charge in [-0.15, -0.1) is 0 Å². The van der Waals surface area contributed by atoms with Crippen molar-refractivity contribution < 1.29 is 13.9 Å². The lowest BCUT2D eigenvalue weighted by Crippen LogP contribution is -2.40. The molecule has 1 aromatic carbocycles. The summed E-state index contributed by atoms with van der Waals surface area (Å²) in [4.78, 5) is 18.0. The fourth-order valence-corrected chi connectivity index (χ4v) is 3.89. The molecule has 3 aromatic rings. The zero-order valence-electron chi connectivity index (χ0n) is 18.3. The molecule has 0 unspecified atom stereocenters. The van der Waals surface area contributed by atoms with Crippen molar-refractivity contribution in [1.82, 2.24) is 15.0 Å². The largest absolute Gasteiger partial charge is 0.455 e. The summed E-state index contributed by atoms with van der Waals surface area (Å²) in [6.45, 7) is 5.44. The molecule has 2 saturated heterocycles. The molecule has 1 N–H and O–H groups in total. The van der Waals surface area contributed by atoms with Crippen molar-refractivity contribution in [2.45, 2.75) is 0 Å². The van der Waals surface area contributed by atoms with Gasteiger partial charge in [-0.25, -0.2) is 5.43 Å². The number of ether oxygens (including phenoxy) is 2. The number of rotatable bonds is 6. The predicted molar refractivity (Wildman–Crippen MR) is 131 cm³/mol. The zero-order valence-corrected chi connectivity index (χ0v) is 19.8. The van der Waals surface area contributed by atoms with Gasteiger partial charge in [-0.2, -0.15) is 20.1 Å². The standard InChI is InChI=1S/C22H23Cl2N7O3/c23-17-3-1-15(13-18(17)24)19-4-2-16(34-19)14-25-29-20-26-21(30-5-9-32-10-6-30)28-22(27-20)31-7-11-33-12-8-31/h1-4,13-14H,5-12H2,(H,26,27,28,29). The van der Waals surface area contributed by atoms with Gasteiger partial charge in [0.1, 0.15) is 11.5 Å². The molecule has 0 spiro atoms. The summed E-state index contributed by atoms with van der Waals surface area (Å²) in [7, 11) is 0. The van der Waals surface area contributed by atoms with E-state index in [1.807, 2.05) is 18.2 Å². The van der Waals surface area contributed by atoms with Crippen molar-refractivity contribution in [3.63, 3.8) is 0 Å². The third-order valence-electron chi connectivity index (χ3n) is 5.39. The van der Waals surface area contributed by atoms with E-state index in [1.165, 1.54) is 0 Å². The van der Waals surface area contributed by atoms with Gasteiger partial charge in [0.2, 0.25) is 17.8 Å². The SMILES string of the molecule is Clc1ccc(-c2ccc(C=NNc3nc(N4CCOCC4)nc(N4CCOCC4)n3)o2)cc1Cl. The molecular formula is C22H23Cl2N7O3. The Bertz CT molecular complexity index is 1120. The molecule has 2 aromatic heterocycles. The van der Waals surface area contributed by atoms with Crippen LogP contribution in [0.3, 0.4) is 0 Å². The minimum Gasteiger partial charge on any atom is -0.455 e. The number of aromatic nitrogens is 3. The summed E-state index contributed by atoms with van der Waals surface area (Å²) < 4.78 is 16.8. The summed E-state index contributed by atoms with van der Waals surface area (Å²) in [5.74, 6) is 2.76. The average molecular weight is 504 g/mol. The molecule has 2 aliphatic rings. The number of hydrogen-bond donors (Lipinski definition) is 1. The van der Waals surface area contributed by atoms with Crippen LogP contribution >= 0.6 is 23.2 Å². The molecule has 178 valence electrons. The highest BCUT2D eigenvalue weighted by Crippen LogP contribution is 2.29. The number of morpholine rings is 2. The van der Waals surface area contributed by atoms with Gasteiger partial charge in [0.15, 0.2) is 0 Å². The van der Waals surface area contributed by atoms with Gasteiger partial charge in [-0.3, -0.25) is 0 Å². The Balaban J connectivity index is 1.33. The lowest BCUT2D eigenvalue weighted by atomic mass is 10.2. The van der Waals surface area contributed by atoms with Crippen molar-refractivity contribution in [3.05, 3.63) is 46.1 Å². The van der Waals surface area contributed by atoms with Crippen molar-refractivity contribution in [2.75, 3.05) is 67.8 Å². The Morgan fingerprint density at radius 2 is 1.47 bits per heavy atom. The predicted octanol–water partition coefficient (Wildman–Crippen LogP) is 3.56. The number of furan rings is 1. The maximum Gasteiger partial charge on any atom is 0.250 e. The van der Waals surface area contributed by atoms with E-state index in [0.717, 1.165) is 31.7 Å². The number of hydrazone groups is 1. The van der Waals surface area contributed by atoms with E-state index in [0.29, 0.717) is 65.8 Å². The van der Waals surface area contributed by atoms with Gasteiger partial charge < -0.3 is 23.7 Å². The van der Waals surface area contributed by atoms with Crippen LogP contribution < -0.4 is 15.2 Å². The molecule has 0 atom stereocenters. The van der Waals surface area contributed by atoms with Crippen LogP contribution in [0, 0.1) is 0 Å². The first-order chi connectivity index (χ1) is 16.7. The number of anilines is 3. The van der Waals surface area contributed by atoms with Crippen molar-refractivity contribution in [3.8, 4) is 11.3 Å². The highest BCUT2D eigenvalue weighted by atomic mass is 35.5. The number of benzene rings is 1. The van der Waals surface area contributed by atoms with Gasteiger partial charge in [-0.1, -0.05) is 23.2 Å². The molecule has 0 amide bonds. The Kier molecular flexibility index (Phi) is 7.10. The Hall–Kier alpha value is -2.92. The minimum atomic E-state index is 0.352. The van der Waals surface area contributed by atoms with E-state index in [-0.39, 0.29) is 0 Å². The van der Waals surface area contributed by atoms with Gasteiger partial charge in [0.05, 0.1) is 42.7 Å². The minimum absolute atomic E-state index is 0.352. The average Bonchev–Trinajstić information content (AvgIpc) is 3.35. The van der Waals surface area contributed by atoms with Crippen LogP contribution in [0.5, 0.6) is 0 Å². The van der Waals surface area contributed by atoms with E-state index in [2.05, 4.69) is 35.3 Å². The zero-order chi connectivity index (χ0) is 23.3. The Labute approximate surface area is 206 Å². The maximum atomic E-state index is 6.11. The number of halogens is 2. The molecule has 0 bridgehead atoms. The van der Waals surface area contributed by atoms with Crippen LogP contribution in [0.15, 0.2) is 39.9 Å². The van der Waals surface area contributed by atoms with Crippen LogP contribution in [-0.2, 0) is 9.47 Å². The van der Waals surface area contributed by atoms with Crippen molar-refractivity contribution >= 4 is 47.3 Å². The second kappa shape index (κ2) is 10.6. The van der Waals surface area contributed by atoms with E-state index in [4.69, 9.17) is 37.1 Å². The third-order valence-corrected chi connectivity index (χ3v) is 6.13. The van der Waals surface area contributed by atoms with Crippen LogP contribution in [0.4, 0.5) is 17.8 Å². The van der Waals surface area contributed by atoms with E-state index >= 15 is 0 Å². The monoisotopic (exact) mass is 503 g/mol. The van der Waals surface area contributed by atoms with Crippen molar-refractivity contribution in [2.24, 2.45) is 5.10 Å². The van der Waals surface area contributed by atoms with Crippen molar-refractivity contribution in [1.29, 1.82) is 0 Å². The van der Waals surface area contributed by atoms with Crippen LogP contribution in [-0.4, -0.2) is 73.8 Å². The van der Waals surface area contributed by atoms with E-state index in [9.17, 15) is 0 Å². The molecule has 2 aliphatic heterocycles. The summed E-state index contributed by atoms with van der Waals surface area (Å²) >= 11 is 12.1. The maximum absolute atomic E-state index is 6.11. The molecule has 0 aliphatic carbocycles. The Morgan fingerprint density at radius 3 is 2.09 bits per heavy atom. The number of hydrogen-bond acceptors (Lipinski definition) is 10. The lowest BCUT2D eigenvalue weighted by molar-refractivity contribution is 0.121. The third kappa shape index (κ3) is 5.41. The normalized spacial score (nSPS) is 16.9. The summed E-state index contributed by atoms with van der Waals surface area (Å²) in [6, 6.07) is 8.99.